The van der Waals surface area contributed by atoms with E-state index in [1.807, 2.05) is 53.1 Å². The number of nitrogens with one attached hydrogen (secondary N) is 1. The molecule has 0 atom stereocenters. The molecule has 118 valence electrons. The lowest BCUT2D eigenvalue weighted by atomic mass is 10.2. The van der Waals surface area contributed by atoms with E-state index in [0.717, 1.165) is 26.8 Å². The maximum atomic E-state index is 5.44. The van der Waals surface area contributed by atoms with E-state index >= 15 is 0 Å². The number of benzene rings is 2. The van der Waals surface area contributed by atoms with Crippen molar-refractivity contribution in [3.8, 4) is 17.2 Å². The number of H-pyrrole nitrogens is 1. The molecule has 2 aromatic heterocycles. The highest BCUT2D eigenvalue weighted by Crippen LogP contribution is 2.27. The lowest BCUT2D eigenvalue weighted by Crippen LogP contribution is -2.00. The Morgan fingerprint density at radius 3 is 2.75 bits per heavy atom. The zero-order valence-electron chi connectivity index (χ0n) is 12.8. The third-order valence-electron chi connectivity index (χ3n) is 3.84. The number of aryl methyl sites for hydroxylation is 1. The fourth-order valence-corrected chi connectivity index (χ4v) is 3.58. The molecule has 0 unspecified atom stereocenters. The third kappa shape index (κ3) is 2.57. The van der Waals surface area contributed by atoms with E-state index in [9.17, 15) is 0 Å². The zero-order chi connectivity index (χ0) is 16.7. The number of hydrogen-bond acceptors (Lipinski definition) is 3. The molecule has 0 bridgehead atoms. The van der Waals surface area contributed by atoms with Crippen molar-refractivity contribution < 1.29 is 0 Å². The van der Waals surface area contributed by atoms with Gasteiger partial charge >= 0.3 is 0 Å². The maximum absolute atomic E-state index is 5.44. The Balaban J connectivity index is 1.94. The first kappa shape index (κ1) is 15.2. The minimum absolute atomic E-state index is 0.532. The van der Waals surface area contributed by atoms with Crippen molar-refractivity contribution in [2.75, 3.05) is 0 Å². The van der Waals surface area contributed by atoms with E-state index in [-0.39, 0.29) is 0 Å². The van der Waals surface area contributed by atoms with Crippen LogP contribution in [0.5, 0.6) is 0 Å². The van der Waals surface area contributed by atoms with Crippen LogP contribution in [0.3, 0.4) is 0 Å². The molecular formula is C18H13BrN4S. The lowest BCUT2D eigenvalue weighted by molar-refractivity contribution is 1.02. The standard InChI is InChI=1S/C18H13BrN4S/c1-11-6-9-16(13(19)10-11)23-17(21-22-18(23)24)15-8-7-12-4-2-3-5-14(12)20-15/h2-10H,1H3,(H,22,24). The number of para-hydroxylation sites is 1. The molecule has 0 aliphatic rings. The van der Waals surface area contributed by atoms with Crippen molar-refractivity contribution in [2.45, 2.75) is 6.92 Å². The monoisotopic (exact) mass is 396 g/mol. The van der Waals surface area contributed by atoms with Gasteiger partial charge in [-0.25, -0.2) is 4.98 Å². The Morgan fingerprint density at radius 2 is 1.92 bits per heavy atom. The van der Waals surface area contributed by atoms with E-state index in [1.54, 1.807) is 0 Å². The van der Waals surface area contributed by atoms with Gasteiger partial charge in [0, 0.05) is 9.86 Å². The summed E-state index contributed by atoms with van der Waals surface area (Å²) >= 11 is 9.06. The van der Waals surface area contributed by atoms with Gasteiger partial charge < -0.3 is 0 Å². The van der Waals surface area contributed by atoms with Crippen LogP contribution in [0.15, 0.2) is 59.1 Å². The molecule has 4 aromatic rings. The molecule has 6 heteroatoms. The van der Waals surface area contributed by atoms with Gasteiger partial charge in [-0.15, -0.1) is 0 Å². The number of rotatable bonds is 2. The summed E-state index contributed by atoms with van der Waals surface area (Å²) in [7, 11) is 0. The number of aromatic amines is 1. The molecule has 0 saturated heterocycles. The maximum Gasteiger partial charge on any atom is 0.200 e. The number of pyridine rings is 1. The second kappa shape index (κ2) is 5.96. The highest BCUT2D eigenvalue weighted by atomic mass is 79.9. The van der Waals surface area contributed by atoms with Crippen LogP contribution in [0.25, 0.3) is 28.1 Å². The van der Waals surface area contributed by atoms with Gasteiger partial charge in [0.05, 0.1) is 11.2 Å². The normalized spacial score (nSPS) is 11.1. The molecule has 4 rings (SSSR count). The minimum Gasteiger partial charge on any atom is -0.266 e. The summed E-state index contributed by atoms with van der Waals surface area (Å²) < 4.78 is 3.39. The first-order chi connectivity index (χ1) is 11.6. The summed E-state index contributed by atoms with van der Waals surface area (Å²) in [5.74, 6) is 0.690. The smallest absolute Gasteiger partial charge is 0.200 e. The van der Waals surface area contributed by atoms with Gasteiger partial charge in [-0.1, -0.05) is 30.3 Å². The van der Waals surface area contributed by atoms with Gasteiger partial charge in [-0.05, 0) is 64.9 Å². The average molecular weight is 397 g/mol. The van der Waals surface area contributed by atoms with E-state index in [1.165, 1.54) is 5.56 Å². The molecule has 24 heavy (non-hydrogen) atoms. The Hall–Kier alpha value is -2.31. The zero-order valence-corrected chi connectivity index (χ0v) is 15.2. The number of fused-ring (bicyclic) bond motifs is 1. The summed E-state index contributed by atoms with van der Waals surface area (Å²) in [5.41, 5.74) is 3.81. The SMILES string of the molecule is Cc1ccc(-n2c(-c3ccc4ccccc4n3)n[nH]c2=S)c(Br)c1. The van der Waals surface area contributed by atoms with Gasteiger partial charge in [0.1, 0.15) is 5.69 Å². The van der Waals surface area contributed by atoms with E-state index in [0.29, 0.717) is 10.6 Å². The van der Waals surface area contributed by atoms with Crippen LogP contribution in [0.1, 0.15) is 5.56 Å². The van der Waals surface area contributed by atoms with Crippen LogP contribution in [-0.4, -0.2) is 19.7 Å². The van der Waals surface area contributed by atoms with E-state index in [4.69, 9.17) is 17.2 Å². The van der Waals surface area contributed by atoms with E-state index in [2.05, 4.69) is 39.1 Å². The molecule has 2 aromatic carbocycles. The molecular weight excluding hydrogens is 384 g/mol. The van der Waals surface area contributed by atoms with Gasteiger partial charge in [0.2, 0.25) is 0 Å². The molecule has 0 spiro atoms. The summed E-state index contributed by atoms with van der Waals surface area (Å²) in [4.78, 5) is 4.73. The van der Waals surface area contributed by atoms with Crippen molar-refractivity contribution >= 4 is 39.1 Å². The minimum atomic E-state index is 0.532. The molecule has 0 aliphatic carbocycles. The highest BCUT2D eigenvalue weighted by molar-refractivity contribution is 9.10. The predicted octanol–water partition coefficient (Wildman–Crippen LogP) is 5.22. The van der Waals surface area contributed by atoms with Gasteiger partial charge in [0.25, 0.3) is 0 Å². The van der Waals surface area contributed by atoms with Crippen molar-refractivity contribution in [2.24, 2.45) is 0 Å². The van der Waals surface area contributed by atoms with Gasteiger partial charge in [-0.2, -0.15) is 5.10 Å². The largest absolute Gasteiger partial charge is 0.266 e. The van der Waals surface area contributed by atoms with Crippen LogP contribution < -0.4 is 0 Å². The molecule has 0 aliphatic heterocycles. The summed E-state index contributed by atoms with van der Waals surface area (Å²) in [5, 5.41) is 8.37. The highest BCUT2D eigenvalue weighted by Gasteiger charge is 2.14. The van der Waals surface area contributed by atoms with Crippen LogP contribution in [-0.2, 0) is 0 Å². The van der Waals surface area contributed by atoms with Crippen LogP contribution in [0, 0.1) is 11.7 Å². The first-order valence-corrected chi connectivity index (χ1v) is 8.64. The predicted molar refractivity (Wildman–Crippen MR) is 102 cm³/mol. The molecule has 1 N–H and O–H groups in total. The molecule has 0 radical (unpaired) electrons. The summed E-state index contributed by atoms with van der Waals surface area (Å²) in [6, 6.07) is 18.2. The molecule has 0 saturated carbocycles. The molecule has 0 fully saturated rings. The fraction of sp³-hybridized carbons (Fsp3) is 0.0556. The Morgan fingerprint density at radius 1 is 1.08 bits per heavy atom. The van der Waals surface area contributed by atoms with Crippen molar-refractivity contribution in [3.05, 3.63) is 69.4 Å². The van der Waals surface area contributed by atoms with Crippen LogP contribution in [0.4, 0.5) is 0 Å². The number of hydrogen-bond donors (Lipinski definition) is 1. The quantitative estimate of drug-likeness (QED) is 0.472. The van der Waals surface area contributed by atoms with E-state index < -0.39 is 0 Å². The third-order valence-corrected chi connectivity index (χ3v) is 4.75. The number of aromatic nitrogens is 4. The van der Waals surface area contributed by atoms with Crippen molar-refractivity contribution in [1.82, 2.24) is 19.7 Å². The first-order valence-electron chi connectivity index (χ1n) is 7.43. The Kier molecular flexibility index (Phi) is 3.78. The van der Waals surface area contributed by atoms with Crippen molar-refractivity contribution in [1.29, 1.82) is 0 Å². The second-order valence-corrected chi connectivity index (χ2v) is 6.77. The van der Waals surface area contributed by atoms with Crippen LogP contribution >= 0.6 is 28.1 Å². The average Bonchev–Trinajstić information content (AvgIpc) is 2.96. The lowest BCUT2D eigenvalue weighted by Gasteiger charge is -2.10. The van der Waals surface area contributed by atoms with Gasteiger partial charge in [-0.3, -0.25) is 9.67 Å². The summed E-state index contributed by atoms with van der Waals surface area (Å²) in [6.07, 6.45) is 0. The second-order valence-electron chi connectivity index (χ2n) is 5.53. The van der Waals surface area contributed by atoms with Gasteiger partial charge in [0.15, 0.2) is 10.6 Å². The Labute approximate surface area is 152 Å². The number of nitrogens with zero attached hydrogens (tertiary/aromatic N) is 3. The van der Waals surface area contributed by atoms with Crippen molar-refractivity contribution in [3.63, 3.8) is 0 Å². The topological polar surface area (TPSA) is 46.5 Å². The number of halogens is 1. The molecule has 4 nitrogen and oxygen atoms in total. The van der Waals surface area contributed by atoms with Crippen LogP contribution in [0.2, 0.25) is 0 Å². The summed E-state index contributed by atoms with van der Waals surface area (Å²) in [6.45, 7) is 2.05. The Bertz CT molecular complexity index is 1110. The molecule has 2 heterocycles. The molecule has 0 amide bonds. The fourth-order valence-electron chi connectivity index (χ4n) is 2.68.